The van der Waals surface area contributed by atoms with E-state index >= 15 is 0 Å². The molecule has 19 heavy (non-hydrogen) atoms. The van der Waals surface area contributed by atoms with E-state index < -0.39 is 14.6 Å². The van der Waals surface area contributed by atoms with Crippen LogP contribution in [0.1, 0.15) is 26.7 Å². The van der Waals surface area contributed by atoms with Crippen LogP contribution in [0.4, 0.5) is 0 Å². The Hall–Kier alpha value is -1.62. The zero-order valence-electron chi connectivity index (χ0n) is 11.5. The number of hydrogen-bond donors (Lipinski definition) is 0. The average molecular weight is 279 g/mol. The van der Waals surface area contributed by atoms with Crippen molar-refractivity contribution >= 4 is 9.84 Å². The van der Waals surface area contributed by atoms with Crippen LogP contribution in [0.15, 0.2) is 39.8 Å². The molecule has 4 nitrogen and oxygen atoms in total. The monoisotopic (exact) mass is 279 g/mol. The van der Waals surface area contributed by atoms with E-state index in [2.05, 4.69) is 4.98 Å². The van der Waals surface area contributed by atoms with E-state index in [1.54, 1.807) is 27.7 Å². The van der Waals surface area contributed by atoms with Crippen LogP contribution in [0.25, 0.3) is 11.3 Å². The van der Waals surface area contributed by atoms with Crippen LogP contribution in [0.5, 0.6) is 0 Å². The van der Waals surface area contributed by atoms with Crippen LogP contribution in [-0.4, -0.2) is 18.1 Å². The second-order valence-corrected chi connectivity index (χ2v) is 7.97. The molecule has 5 heteroatoms. The smallest absolute Gasteiger partial charge is 0.204 e. The Morgan fingerprint density at radius 3 is 2.21 bits per heavy atom. The maximum atomic E-state index is 12.5. The normalized spacial score (nSPS) is 12.6. The average Bonchev–Trinajstić information content (AvgIpc) is 2.71. The summed E-state index contributed by atoms with van der Waals surface area (Å²) in [6.07, 6.45) is 0. The van der Waals surface area contributed by atoms with Gasteiger partial charge in [-0.25, -0.2) is 13.4 Å². The van der Waals surface area contributed by atoms with Gasteiger partial charge in [-0.3, -0.25) is 0 Å². The highest BCUT2D eigenvalue weighted by Crippen LogP contribution is 2.33. The highest BCUT2D eigenvalue weighted by molar-refractivity contribution is 7.92. The second kappa shape index (κ2) is 4.49. The molecular formula is C14H17NO3S. The first-order chi connectivity index (χ1) is 8.73. The molecule has 0 saturated carbocycles. The van der Waals surface area contributed by atoms with Gasteiger partial charge in [0.05, 0.1) is 4.75 Å². The quantitative estimate of drug-likeness (QED) is 0.846. The molecule has 0 aliphatic carbocycles. The molecule has 0 aliphatic rings. The number of nitrogens with zero attached hydrogens (tertiary/aromatic N) is 1. The van der Waals surface area contributed by atoms with Gasteiger partial charge in [-0.15, -0.1) is 0 Å². The Morgan fingerprint density at radius 2 is 1.68 bits per heavy atom. The minimum Gasteiger partial charge on any atom is -0.440 e. The molecule has 0 saturated heterocycles. The summed E-state index contributed by atoms with van der Waals surface area (Å²) in [5.41, 5.74) is 0.714. The number of sulfone groups is 1. The summed E-state index contributed by atoms with van der Waals surface area (Å²) in [7, 11) is -3.54. The van der Waals surface area contributed by atoms with Crippen LogP contribution in [0.3, 0.4) is 0 Å². The van der Waals surface area contributed by atoms with E-state index in [1.807, 2.05) is 30.3 Å². The first-order valence-corrected chi connectivity index (χ1v) is 7.49. The third kappa shape index (κ3) is 2.42. The van der Waals surface area contributed by atoms with Gasteiger partial charge < -0.3 is 4.42 Å². The van der Waals surface area contributed by atoms with Crippen molar-refractivity contribution in [3.05, 3.63) is 36.2 Å². The summed E-state index contributed by atoms with van der Waals surface area (Å²) in [6.45, 7) is 6.61. The summed E-state index contributed by atoms with van der Waals surface area (Å²) in [5, 5.41) is 0.0173. The molecule has 2 rings (SSSR count). The molecule has 0 spiro atoms. The molecule has 0 bridgehead atoms. The number of aryl methyl sites for hydroxylation is 1. The predicted octanol–water partition coefficient (Wildman–Crippen LogP) is 3.22. The molecule has 0 aliphatic heterocycles. The van der Waals surface area contributed by atoms with Gasteiger partial charge in [-0.05, 0) is 20.8 Å². The first-order valence-electron chi connectivity index (χ1n) is 6.01. The van der Waals surface area contributed by atoms with E-state index in [4.69, 9.17) is 4.42 Å². The van der Waals surface area contributed by atoms with Crippen LogP contribution in [0.2, 0.25) is 0 Å². The van der Waals surface area contributed by atoms with E-state index in [0.717, 1.165) is 0 Å². The summed E-state index contributed by atoms with van der Waals surface area (Å²) in [5.74, 6) is 0.662. The van der Waals surface area contributed by atoms with Crippen molar-refractivity contribution in [2.75, 3.05) is 0 Å². The van der Waals surface area contributed by atoms with Gasteiger partial charge in [0.15, 0.2) is 11.7 Å². The topological polar surface area (TPSA) is 60.2 Å². The molecule has 0 amide bonds. The van der Waals surface area contributed by atoms with Crippen LogP contribution < -0.4 is 0 Å². The molecule has 1 heterocycles. The molecule has 102 valence electrons. The Labute approximate surface area is 113 Å². The Morgan fingerprint density at radius 1 is 1.11 bits per heavy atom. The molecule has 0 unspecified atom stereocenters. The number of benzene rings is 1. The van der Waals surface area contributed by atoms with E-state index in [9.17, 15) is 8.42 Å². The fourth-order valence-corrected chi connectivity index (χ4v) is 2.88. The molecule has 1 aromatic heterocycles. The minimum absolute atomic E-state index is 0.0173. The molecule has 0 fully saturated rings. The Balaban J connectivity index is 2.68. The lowest BCUT2D eigenvalue weighted by molar-refractivity contribution is 0.532. The van der Waals surface area contributed by atoms with Crippen molar-refractivity contribution in [3.8, 4) is 11.3 Å². The van der Waals surface area contributed by atoms with Crippen molar-refractivity contribution in [3.63, 3.8) is 0 Å². The lowest BCUT2D eigenvalue weighted by Gasteiger charge is -2.17. The Kier molecular flexibility index (Phi) is 3.26. The molecule has 1 aromatic carbocycles. The highest BCUT2D eigenvalue weighted by Gasteiger charge is 2.36. The Bertz CT molecular complexity index is 679. The fourth-order valence-electron chi connectivity index (χ4n) is 1.65. The van der Waals surface area contributed by atoms with Gasteiger partial charge in [-0.2, -0.15) is 0 Å². The maximum absolute atomic E-state index is 12.5. The molecule has 0 radical (unpaired) electrons. The molecule has 2 aromatic rings. The van der Waals surface area contributed by atoms with E-state index in [1.165, 1.54) is 0 Å². The van der Waals surface area contributed by atoms with Crippen LogP contribution in [-0.2, 0) is 9.84 Å². The first kappa shape index (κ1) is 13.8. The van der Waals surface area contributed by atoms with Crippen molar-refractivity contribution in [2.24, 2.45) is 0 Å². The van der Waals surface area contributed by atoms with Crippen molar-refractivity contribution in [2.45, 2.75) is 37.5 Å². The summed E-state index contributed by atoms with van der Waals surface area (Å²) < 4.78 is 29.7. The van der Waals surface area contributed by atoms with Crippen molar-refractivity contribution in [1.29, 1.82) is 0 Å². The molecular weight excluding hydrogens is 262 g/mol. The lowest BCUT2D eigenvalue weighted by Crippen LogP contribution is -2.28. The van der Waals surface area contributed by atoms with Gasteiger partial charge in [0, 0.05) is 12.5 Å². The molecule has 0 N–H and O–H groups in total. The standard InChI is InChI=1S/C14H17NO3S/c1-10-15-13(19(16,17)14(2,3)4)12(18-10)11-8-6-5-7-9-11/h5-9H,1-4H3. The zero-order valence-corrected chi connectivity index (χ0v) is 12.3. The second-order valence-electron chi connectivity index (χ2n) is 5.35. The van der Waals surface area contributed by atoms with Gasteiger partial charge in [0.25, 0.3) is 0 Å². The van der Waals surface area contributed by atoms with Gasteiger partial charge in [0.2, 0.25) is 14.9 Å². The summed E-state index contributed by atoms with van der Waals surface area (Å²) in [6, 6.07) is 9.15. The predicted molar refractivity (Wildman–Crippen MR) is 73.6 cm³/mol. The van der Waals surface area contributed by atoms with Crippen LogP contribution >= 0.6 is 0 Å². The third-order valence-electron chi connectivity index (χ3n) is 2.80. The van der Waals surface area contributed by atoms with Gasteiger partial charge >= 0.3 is 0 Å². The highest BCUT2D eigenvalue weighted by atomic mass is 32.2. The summed E-state index contributed by atoms with van der Waals surface area (Å²) in [4.78, 5) is 4.07. The van der Waals surface area contributed by atoms with E-state index in [0.29, 0.717) is 17.2 Å². The van der Waals surface area contributed by atoms with Gasteiger partial charge in [0.1, 0.15) is 0 Å². The zero-order chi connectivity index (χ0) is 14.3. The maximum Gasteiger partial charge on any atom is 0.204 e. The SMILES string of the molecule is Cc1nc(S(=O)(=O)C(C)(C)C)c(-c2ccccc2)o1. The fraction of sp³-hybridized carbons (Fsp3) is 0.357. The summed E-state index contributed by atoms with van der Waals surface area (Å²) >= 11 is 0. The number of oxazole rings is 1. The van der Waals surface area contributed by atoms with E-state index in [-0.39, 0.29) is 5.03 Å². The third-order valence-corrected chi connectivity index (χ3v) is 5.20. The van der Waals surface area contributed by atoms with Crippen molar-refractivity contribution in [1.82, 2.24) is 4.98 Å². The number of aromatic nitrogens is 1. The van der Waals surface area contributed by atoms with Crippen LogP contribution in [0, 0.1) is 6.92 Å². The number of rotatable bonds is 2. The van der Waals surface area contributed by atoms with Crippen molar-refractivity contribution < 1.29 is 12.8 Å². The largest absolute Gasteiger partial charge is 0.440 e. The van der Waals surface area contributed by atoms with Gasteiger partial charge in [-0.1, -0.05) is 30.3 Å². The molecule has 0 atom stereocenters. The lowest BCUT2D eigenvalue weighted by atomic mass is 10.2. The number of hydrogen-bond acceptors (Lipinski definition) is 4. The minimum atomic E-state index is -3.54.